The Balaban J connectivity index is 7.72. The molecule has 0 aromatic rings. The number of carboxylic acids is 12. The summed E-state index contributed by atoms with van der Waals surface area (Å²) in [7, 11) is 0. The fourth-order valence-electron chi connectivity index (χ4n) is 12.4. The van der Waals surface area contributed by atoms with Gasteiger partial charge in [-0.15, -0.1) is 0 Å². The van der Waals surface area contributed by atoms with E-state index >= 15 is 0 Å². The van der Waals surface area contributed by atoms with Crippen LogP contribution >= 0.6 is 0 Å². The van der Waals surface area contributed by atoms with Gasteiger partial charge in [0.05, 0.1) is 105 Å². The summed E-state index contributed by atoms with van der Waals surface area (Å²) in [5.41, 5.74) is -1.75. The van der Waals surface area contributed by atoms with Gasteiger partial charge in [-0.1, -0.05) is 27.7 Å². The number of aliphatic carboxylic acids is 12. The zero-order valence-corrected chi connectivity index (χ0v) is 73.9. The van der Waals surface area contributed by atoms with Crippen LogP contribution in [0.5, 0.6) is 0 Å². The van der Waals surface area contributed by atoms with Gasteiger partial charge in [0.1, 0.15) is 23.1 Å². The van der Waals surface area contributed by atoms with Crippen molar-refractivity contribution in [2.75, 3.05) is 288 Å². The Labute approximate surface area is 746 Å². The van der Waals surface area contributed by atoms with Crippen molar-refractivity contribution in [2.24, 2.45) is 29.1 Å². The summed E-state index contributed by atoms with van der Waals surface area (Å²) in [6.45, 7) is -2.28. The van der Waals surface area contributed by atoms with Crippen LogP contribution in [0.15, 0.2) is 0 Å². The van der Waals surface area contributed by atoms with Gasteiger partial charge >= 0.3 is 71.6 Å². The van der Waals surface area contributed by atoms with E-state index in [1.807, 2.05) is 0 Å². The molecule has 0 aromatic heterocycles. The van der Waals surface area contributed by atoms with Crippen LogP contribution in [0.25, 0.3) is 0 Å². The summed E-state index contributed by atoms with van der Waals surface area (Å²) in [5.74, 6) is -23.9. The standard InChI is InChI=1S/C77H136N20O32/c1-53(57(98)33-78-5-15-92(43-71(118)119)25-27-96(47-75(126)127)19-11-84-39-69(114)115)29-61(102)86-49-77(50-87-62(103)30-54(2)58(99)34-79-6-16-93(44-72(120)121)26-28-97(48-76(128)129)20-12-85-40-70(116)117,51-88-63(104)31-55(3)59(100)41-90(13-7-80-35-65(106)107)21-23-94(45-73(122)123)17-9-82-37-67(110)111)52-89-64(105)32-56(4)60(101)42-91(14-8-81-36-66(108)109)22-24-95(46-74(124)125)18-10-83-38-68(112)113/h53-56,78-85H,5-52H2,1-4H3,(H,86,102)(H,87,103)(H,88,104)(H,89,105)(H,106,107)(H,108,109)(H,110,111)(H,112,113)(H,114,115)(H,116,117)(H,118,119)(H,120,121)(H,122,123)(H,124,125)(H,126,127)(H,128,129). The van der Waals surface area contributed by atoms with E-state index in [1.165, 1.54) is 57.1 Å². The lowest BCUT2D eigenvalue weighted by Crippen LogP contribution is -2.57. The van der Waals surface area contributed by atoms with Crippen molar-refractivity contribution in [3.05, 3.63) is 0 Å². The highest BCUT2D eigenvalue weighted by Gasteiger charge is 2.36. The second-order valence-electron chi connectivity index (χ2n) is 31.2. The quantitative estimate of drug-likeness (QED) is 0.0251. The van der Waals surface area contributed by atoms with Crippen LogP contribution in [0, 0.1) is 29.1 Å². The summed E-state index contributed by atoms with van der Waals surface area (Å²) in [6, 6.07) is 0. The molecule has 52 heteroatoms. The maximum atomic E-state index is 14.4. The molecule has 0 spiro atoms. The molecular weight excluding hydrogens is 1720 g/mol. The van der Waals surface area contributed by atoms with Crippen LogP contribution in [-0.2, 0) is 95.9 Å². The number of nitrogens with zero attached hydrogens (tertiary/aromatic N) is 8. The summed E-state index contributed by atoms with van der Waals surface area (Å²) < 4.78 is 0. The Morgan fingerprint density at radius 3 is 0.504 bits per heavy atom. The number of carbonyl (C=O) groups is 20. The summed E-state index contributed by atoms with van der Waals surface area (Å²) >= 11 is 0. The number of carboxylic acid groups (broad SMARTS) is 12. The molecule has 4 unspecified atom stereocenters. The lowest BCUT2D eigenvalue weighted by atomic mass is 9.86. The van der Waals surface area contributed by atoms with E-state index in [-0.39, 0.29) is 196 Å². The van der Waals surface area contributed by atoms with Crippen LogP contribution in [0.3, 0.4) is 0 Å². The van der Waals surface area contributed by atoms with Gasteiger partial charge in [-0.3, -0.25) is 135 Å². The molecule has 0 rings (SSSR count). The van der Waals surface area contributed by atoms with E-state index in [2.05, 4.69) is 63.8 Å². The molecule has 0 aromatic carbocycles. The van der Waals surface area contributed by atoms with Crippen molar-refractivity contribution in [3.63, 3.8) is 0 Å². The minimum Gasteiger partial charge on any atom is -0.480 e. The van der Waals surface area contributed by atoms with Gasteiger partial charge in [-0.25, -0.2) is 0 Å². The van der Waals surface area contributed by atoms with Crippen LogP contribution in [0.1, 0.15) is 53.4 Å². The largest absolute Gasteiger partial charge is 0.480 e. The molecule has 0 aliphatic carbocycles. The van der Waals surface area contributed by atoms with Crippen LogP contribution in [0.2, 0.25) is 0 Å². The maximum absolute atomic E-state index is 14.4. The number of Topliss-reactive ketones (excluding diaryl/α,β-unsaturated/α-hetero) is 4. The van der Waals surface area contributed by atoms with Crippen molar-refractivity contribution in [1.82, 2.24) is 103 Å². The van der Waals surface area contributed by atoms with E-state index in [4.69, 9.17) is 20.4 Å². The van der Waals surface area contributed by atoms with Crippen molar-refractivity contribution < 1.29 is 157 Å². The number of hydrogen-bond acceptors (Lipinski definition) is 36. The normalized spacial score (nSPS) is 12.9. The monoisotopic (exact) mass is 1850 g/mol. The zero-order chi connectivity index (χ0) is 97.4. The molecule has 0 radical (unpaired) electrons. The maximum Gasteiger partial charge on any atom is 0.317 e. The fourth-order valence-corrected chi connectivity index (χ4v) is 12.4. The van der Waals surface area contributed by atoms with Crippen molar-refractivity contribution >= 4 is 118 Å². The number of ketones is 4. The van der Waals surface area contributed by atoms with E-state index in [1.54, 1.807) is 9.80 Å². The molecule has 0 fully saturated rings. The molecule has 24 N–H and O–H groups in total. The van der Waals surface area contributed by atoms with Crippen LogP contribution in [0.4, 0.5) is 0 Å². The molecule has 4 amide bonds. The third-order valence-corrected chi connectivity index (χ3v) is 19.7. The Morgan fingerprint density at radius 2 is 0.349 bits per heavy atom. The van der Waals surface area contributed by atoms with Crippen molar-refractivity contribution in [3.8, 4) is 0 Å². The highest BCUT2D eigenvalue weighted by molar-refractivity contribution is 5.91. The molecule has 736 valence electrons. The highest BCUT2D eigenvalue weighted by atomic mass is 16.4. The van der Waals surface area contributed by atoms with Gasteiger partial charge in [-0.05, 0) is 0 Å². The molecule has 52 nitrogen and oxygen atoms in total. The molecular formula is C77H136N20O32. The molecule has 129 heavy (non-hydrogen) atoms. The van der Waals surface area contributed by atoms with Crippen LogP contribution < -0.4 is 63.8 Å². The average Bonchev–Trinajstić information content (AvgIpc) is 0.843. The first kappa shape index (κ1) is 119. The average molecular weight is 1850 g/mol. The molecule has 4 atom stereocenters. The molecule has 0 aliphatic heterocycles. The number of carbonyl (C=O) groups excluding carboxylic acids is 8. The second kappa shape index (κ2) is 69.5. The third-order valence-electron chi connectivity index (χ3n) is 19.7. The third kappa shape index (κ3) is 66.6. The highest BCUT2D eigenvalue weighted by Crippen LogP contribution is 2.18. The van der Waals surface area contributed by atoms with Crippen LogP contribution in [-0.4, -0.2) is 507 Å². The van der Waals surface area contributed by atoms with E-state index < -0.39 is 265 Å². The number of hydrogen-bond donors (Lipinski definition) is 24. The van der Waals surface area contributed by atoms with Crippen molar-refractivity contribution in [2.45, 2.75) is 53.4 Å². The summed E-state index contributed by atoms with van der Waals surface area (Å²) in [6.07, 6.45) is -2.11. The topological polar surface area (TPSA) is 754 Å². The Morgan fingerprint density at radius 1 is 0.202 bits per heavy atom. The van der Waals surface area contributed by atoms with Gasteiger partial charge in [0.2, 0.25) is 23.6 Å². The van der Waals surface area contributed by atoms with E-state index in [9.17, 15) is 137 Å². The summed E-state index contributed by atoms with van der Waals surface area (Å²) in [4.78, 5) is 263. The SMILES string of the molecule is CC(CC(=O)NCC(CNC(=O)CC(C)C(=O)CNCCN(CCN(CCNCC(=O)O)CC(=O)O)CC(=O)O)(CNC(=O)CC(C)C(=O)CN(CCNCC(=O)O)CCN(CCNCC(=O)O)CC(=O)O)CNC(=O)CC(C)C(=O)CN(CCNCC(=O)O)CCN(CCNCC(=O)O)CC(=O)O)C(=O)CNCCN(CCN(CCNCC(=O)O)CC(=O)O)CC(=O)O. The fraction of sp³-hybridized carbons (Fsp3) is 0.740. The van der Waals surface area contributed by atoms with Gasteiger partial charge in [0, 0.05) is 238 Å². The predicted molar refractivity (Wildman–Crippen MR) is 456 cm³/mol. The van der Waals surface area contributed by atoms with E-state index in [0.29, 0.717) is 0 Å². The smallest absolute Gasteiger partial charge is 0.317 e. The minimum absolute atomic E-state index is 0.0147. The molecule has 0 bridgehead atoms. The summed E-state index contributed by atoms with van der Waals surface area (Å²) in [5, 5.41) is 145. The first-order chi connectivity index (χ1) is 60.8. The first-order valence-corrected chi connectivity index (χ1v) is 42.0. The first-order valence-electron chi connectivity index (χ1n) is 42.0. The zero-order valence-electron chi connectivity index (χ0n) is 73.9. The number of nitrogens with one attached hydrogen (secondary N) is 12. The van der Waals surface area contributed by atoms with Gasteiger partial charge in [0.15, 0.2) is 0 Å². The molecule has 0 saturated heterocycles. The second-order valence-corrected chi connectivity index (χ2v) is 31.2. The molecule has 0 heterocycles. The van der Waals surface area contributed by atoms with E-state index in [0.717, 1.165) is 0 Å². The predicted octanol–water partition coefficient (Wildman–Crippen LogP) is -11.0. The van der Waals surface area contributed by atoms with Crippen molar-refractivity contribution in [1.29, 1.82) is 0 Å². The Bertz CT molecular complexity index is 3330. The number of rotatable bonds is 88. The van der Waals surface area contributed by atoms with Gasteiger partial charge < -0.3 is 125 Å². The molecule has 0 aliphatic rings. The Hall–Kier alpha value is -10.4. The lowest BCUT2D eigenvalue weighted by molar-refractivity contribution is -0.140. The van der Waals surface area contributed by atoms with Gasteiger partial charge in [0.25, 0.3) is 0 Å². The molecule has 0 saturated carbocycles. The lowest BCUT2D eigenvalue weighted by Gasteiger charge is -2.35. The number of amides is 4. The minimum atomic E-state index is -1.75. The Kier molecular flexibility index (Phi) is 63.9. The van der Waals surface area contributed by atoms with Gasteiger partial charge in [-0.2, -0.15) is 0 Å².